The van der Waals surface area contributed by atoms with Crippen LogP contribution in [0, 0.1) is 0 Å². The van der Waals surface area contributed by atoms with Gasteiger partial charge in [-0.15, -0.1) is 0 Å². The Morgan fingerprint density at radius 3 is 2.73 bits per heavy atom. The fraction of sp³-hybridized carbons (Fsp3) is 0.500. The summed E-state index contributed by atoms with van der Waals surface area (Å²) < 4.78 is 5.23. The molecule has 0 aromatic heterocycles. The van der Waals surface area contributed by atoms with Gasteiger partial charge in [-0.25, -0.2) is 0 Å². The molecule has 3 heteroatoms. The molecule has 84 valence electrons. The molecule has 0 saturated heterocycles. The molecule has 2 atom stereocenters. The lowest BCUT2D eigenvalue weighted by Crippen LogP contribution is -2.29. The summed E-state index contributed by atoms with van der Waals surface area (Å²) in [5.74, 6) is 0. The Hall–Kier alpha value is -1.06. The van der Waals surface area contributed by atoms with Gasteiger partial charge < -0.3 is 15.2 Å². The molecular weight excluding hydrogens is 190 g/mol. The maximum absolute atomic E-state index is 9.00. The zero-order chi connectivity index (χ0) is 11.3. The van der Waals surface area contributed by atoms with Crippen molar-refractivity contribution >= 4 is 5.69 Å². The number of aliphatic hydroxyl groups excluding tert-OH is 1. The summed E-state index contributed by atoms with van der Waals surface area (Å²) in [6, 6.07) is 7.99. The Morgan fingerprint density at radius 1 is 1.40 bits per heavy atom. The average Bonchev–Trinajstić information content (AvgIpc) is 2.28. The minimum Gasteiger partial charge on any atom is -0.392 e. The van der Waals surface area contributed by atoms with Crippen molar-refractivity contribution < 1.29 is 9.84 Å². The molecule has 0 bridgehead atoms. The highest BCUT2D eigenvalue weighted by molar-refractivity contribution is 5.46. The van der Waals surface area contributed by atoms with Crippen LogP contribution in [0.15, 0.2) is 24.3 Å². The lowest BCUT2D eigenvalue weighted by molar-refractivity contribution is 0.106. The molecule has 15 heavy (non-hydrogen) atoms. The van der Waals surface area contributed by atoms with E-state index in [0.29, 0.717) is 0 Å². The van der Waals surface area contributed by atoms with Gasteiger partial charge in [-0.05, 0) is 31.5 Å². The molecule has 0 spiro atoms. The van der Waals surface area contributed by atoms with Crippen molar-refractivity contribution in [1.29, 1.82) is 0 Å². The summed E-state index contributed by atoms with van der Waals surface area (Å²) in [4.78, 5) is 0. The van der Waals surface area contributed by atoms with Crippen LogP contribution in [-0.2, 0) is 11.3 Å². The average molecular weight is 209 g/mol. The minimum absolute atomic E-state index is 0.0731. The number of nitrogens with one attached hydrogen (secondary N) is 1. The summed E-state index contributed by atoms with van der Waals surface area (Å²) in [6.07, 6.45) is 0.155. The fourth-order valence-corrected chi connectivity index (χ4v) is 1.34. The molecule has 0 amide bonds. The van der Waals surface area contributed by atoms with Crippen LogP contribution in [0.2, 0.25) is 0 Å². The highest BCUT2D eigenvalue weighted by Crippen LogP contribution is 2.13. The van der Waals surface area contributed by atoms with Gasteiger partial charge >= 0.3 is 0 Å². The standard InChI is InChI=1S/C12H19NO2/c1-9(10(2)15-3)13-12-6-4-5-11(7-12)8-14/h4-7,9-10,13-14H,8H2,1-3H3. The van der Waals surface area contributed by atoms with Crippen LogP contribution in [0.25, 0.3) is 0 Å². The number of aliphatic hydroxyl groups is 1. The molecule has 2 unspecified atom stereocenters. The molecule has 0 aliphatic carbocycles. The molecule has 3 nitrogen and oxygen atoms in total. The van der Waals surface area contributed by atoms with Gasteiger partial charge in [0.2, 0.25) is 0 Å². The van der Waals surface area contributed by atoms with Crippen molar-refractivity contribution in [1.82, 2.24) is 0 Å². The molecule has 0 saturated carbocycles. The quantitative estimate of drug-likeness (QED) is 0.779. The molecule has 2 N–H and O–H groups in total. The van der Waals surface area contributed by atoms with Crippen molar-refractivity contribution in [3.05, 3.63) is 29.8 Å². The van der Waals surface area contributed by atoms with Crippen molar-refractivity contribution in [3.63, 3.8) is 0 Å². The maximum Gasteiger partial charge on any atom is 0.0741 e. The van der Waals surface area contributed by atoms with Crippen molar-refractivity contribution in [2.45, 2.75) is 32.6 Å². The van der Waals surface area contributed by atoms with Crippen LogP contribution in [-0.4, -0.2) is 24.4 Å². The molecule has 1 aromatic carbocycles. The summed E-state index contributed by atoms with van der Waals surface area (Å²) >= 11 is 0. The van der Waals surface area contributed by atoms with Crippen molar-refractivity contribution in [2.24, 2.45) is 0 Å². The van der Waals surface area contributed by atoms with Crippen molar-refractivity contribution in [2.75, 3.05) is 12.4 Å². The van der Waals surface area contributed by atoms with Crippen molar-refractivity contribution in [3.8, 4) is 0 Å². The van der Waals surface area contributed by atoms with Crippen LogP contribution >= 0.6 is 0 Å². The van der Waals surface area contributed by atoms with Gasteiger partial charge in [-0.1, -0.05) is 12.1 Å². The fourth-order valence-electron chi connectivity index (χ4n) is 1.34. The van der Waals surface area contributed by atoms with Gasteiger partial charge in [-0.2, -0.15) is 0 Å². The Morgan fingerprint density at radius 2 is 2.13 bits per heavy atom. The number of hydrogen-bond donors (Lipinski definition) is 2. The zero-order valence-electron chi connectivity index (χ0n) is 9.53. The molecule has 0 aliphatic rings. The van der Waals surface area contributed by atoms with Gasteiger partial charge in [0.25, 0.3) is 0 Å². The number of hydrogen-bond acceptors (Lipinski definition) is 3. The van der Waals surface area contributed by atoms with E-state index < -0.39 is 0 Å². The van der Waals surface area contributed by atoms with E-state index >= 15 is 0 Å². The minimum atomic E-state index is 0.0731. The third-order valence-corrected chi connectivity index (χ3v) is 2.58. The SMILES string of the molecule is COC(C)C(C)Nc1cccc(CO)c1. The normalized spacial score (nSPS) is 14.7. The first-order chi connectivity index (χ1) is 7.17. The second-order valence-electron chi connectivity index (χ2n) is 3.73. The highest BCUT2D eigenvalue weighted by atomic mass is 16.5. The summed E-state index contributed by atoms with van der Waals surface area (Å²) in [5.41, 5.74) is 1.93. The molecule has 0 fully saturated rings. The third kappa shape index (κ3) is 3.53. The predicted octanol–water partition coefficient (Wildman–Crippen LogP) is 2.01. The van der Waals surface area contributed by atoms with E-state index in [0.717, 1.165) is 11.3 Å². The number of benzene rings is 1. The van der Waals surface area contributed by atoms with Crippen LogP contribution in [0.3, 0.4) is 0 Å². The molecule has 0 aliphatic heterocycles. The first-order valence-electron chi connectivity index (χ1n) is 5.16. The second kappa shape index (κ2) is 5.73. The van der Waals surface area contributed by atoms with Crippen LogP contribution in [0.4, 0.5) is 5.69 Å². The van der Waals surface area contributed by atoms with E-state index in [2.05, 4.69) is 12.2 Å². The number of methoxy groups -OCH3 is 1. The predicted molar refractivity (Wildman–Crippen MR) is 61.9 cm³/mol. The largest absolute Gasteiger partial charge is 0.392 e. The van der Waals surface area contributed by atoms with Gasteiger partial charge in [0.15, 0.2) is 0 Å². The van der Waals surface area contributed by atoms with Crippen LogP contribution in [0.5, 0.6) is 0 Å². The molecule has 1 rings (SSSR count). The summed E-state index contributed by atoms with van der Waals surface area (Å²) in [7, 11) is 1.70. The summed E-state index contributed by atoms with van der Waals surface area (Å²) in [5, 5.41) is 12.3. The van der Waals surface area contributed by atoms with Gasteiger partial charge in [0.1, 0.15) is 0 Å². The topological polar surface area (TPSA) is 41.5 Å². The van der Waals surface area contributed by atoms with E-state index in [4.69, 9.17) is 9.84 Å². The van der Waals surface area contributed by atoms with E-state index in [9.17, 15) is 0 Å². The molecule has 0 radical (unpaired) electrons. The zero-order valence-corrected chi connectivity index (χ0v) is 9.53. The van der Waals surface area contributed by atoms with E-state index in [-0.39, 0.29) is 18.8 Å². The second-order valence-corrected chi connectivity index (χ2v) is 3.73. The molecular formula is C12H19NO2. The molecule has 1 aromatic rings. The first-order valence-corrected chi connectivity index (χ1v) is 5.16. The van der Waals surface area contributed by atoms with E-state index in [1.807, 2.05) is 31.2 Å². The maximum atomic E-state index is 9.00. The lowest BCUT2D eigenvalue weighted by Gasteiger charge is -2.21. The molecule has 0 heterocycles. The van der Waals surface area contributed by atoms with Crippen LogP contribution < -0.4 is 5.32 Å². The van der Waals surface area contributed by atoms with Gasteiger partial charge in [0, 0.05) is 18.8 Å². The van der Waals surface area contributed by atoms with Crippen LogP contribution in [0.1, 0.15) is 19.4 Å². The highest BCUT2D eigenvalue weighted by Gasteiger charge is 2.10. The smallest absolute Gasteiger partial charge is 0.0741 e. The summed E-state index contributed by atoms with van der Waals surface area (Å²) in [6.45, 7) is 4.16. The monoisotopic (exact) mass is 209 g/mol. The number of anilines is 1. The van der Waals surface area contributed by atoms with Gasteiger partial charge in [-0.3, -0.25) is 0 Å². The number of ether oxygens (including phenoxy) is 1. The Balaban J connectivity index is 2.63. The lowest BCUT2D eigenvalue weighted by atomic mass is 10.1. The Labute approximate surface area is 91.1 Å². The Bertz CT molecular complexity index is 301. The Kier molecular flexibility index (Phi) is 4.59. The third-order valence-electron chi connectivity index (χ3n) is 2.58. The first kappa shape index (κ1) is 12.0. The van der Waals surface area contributed by atoms with E-state index in [1.54, 1.807) is 7.11 Å². The van der Waals surface area contributed by atoms with Gasteiger partial charge in [0.05, 0.1) is 12.7 Å². The van der Waals surface area contributed by atoms with E-state index in [1.165, 1.54) is 0 Å². The number of rotatable bonds is 5.